The Morgan fingerprint density at radius 3 is 2.48 bits per heavy atom. The summed E-state index contributed by atoms with van der Waals surface area (Å²) in [5, 5.41) is 9.42. The normalized spacial score (nSPS) is 14.1. The molecule has 29 heavy (non-hydrogen) atoms. The van der Waals surface area contributed by atoms with Crippen LogP contribution in [0.3, 0.4) is 0 Å². The minimum absolute atomic E-state index is 0.0167. The monoisotopic (exact) mass is 392 g/mol. The highest BCUT2D eigenvalue weighted by Gasteiger charge is 2.21. The van der Waals surface area contributed by atoms with Crippen molar-refractivity contribution in [2.24, 2.45) is 0 Å². The Kier molecular flexibility index (Phi) is 6.61. The Morgan fingerprint density at radius 2 is 1.83 bits per heavy atom. The Morgan fingerprint density at radius 1 is 1.10 bits per heavy atom. The van der Waals surface area contributed by atoms with Crippen LogP contribution in [-0.4, -0.2) is 50.2 Å². The van der Waals surface area contributed by atoms with E-state index >= 15 is 0 Å². The van der Waals surface area contributed by atoms with Gasteiger partial charge in [0.15, 0.2) is 11.5 Å². The van der Waals surface area contributed by atoms with Crippen LogP contribution in [0.1, 0.15) is 15.9 Å². The molecule has 0 spiro atoms. The second-order valence-electron chi connectivity index (χ2n) is 6.24. The van der Waals surface area contributed by atoms with Crippen molar-refractivity contribution in [2.75, 3.05) is 33.4 Å². The summed E-state index contributed by atoms with van der Waals surface area (Å²) in [5.41, 5.74) is 1.02. The molecule has 0 unspecified atom stereocenters. The lowest BCUT2D eigenvalue weighted by Crippen LogP contribution is -2.41. The minimum atomic E-state index is -0.507. The van der Waals surface area contributed by atoms with E-state index in [1.165, 1.54) is 13.2 Å². The van der Waals surface area contributed by atoms with E-state index in [-0.39, 0.29) is 17.2 Å². The third kappa shape index (κ3) is 5.00. The zero-order valence-corrected chi connectivity index (χ0v) is 16.0. The predicted molar refractivity (Wildman–Crippen MR) is 105 cm³/mol. The van der Waals surface area contributed by atoms with E-state index in [1.54, 1.807) is 47.4 Å². The fourth-order valence-electron chi connectivity index (χ4n) is 2.84. The first-order chi connectivity index (χ1) is 14.1. The third-order valence-corrected chi connectivity index (χ3v) is 4.36. The molecule has 7 heteroatoms. The molecule has 0 radical (unpaired) electrons. The highest BCUT2D eigenvalue weighted by molar-refractivity contribution is 6.01. The molecule has 1 saturated heterocycles. The molecule has 0 bridgehead atoms. The van der Waals surface area contributed by atoms with Crippen molar-refractivity contribution in [1.29, 1.82) is 5.26 Å². The lowest BCUT2D eigenvalue weighted by molar-refractivity contribution is -0.130. The van der Waals surface area contributed by atoms with Crippen molar-refractivity contribution < 1.29 is 23.8 Å². The van der Waals surface area contributed by atoms with Gasteiger partial charge in [0.1, 0.15) is 11.6 Å². The molecule has 0 atom stereocenters. The van der Waals surface area contributed by atoms with Crippen molar-refractivity contribution in [2.45, 2.75) is 0 Å². The number of nitriles is 1. The average molecular weight is 392 g/mol. The van der Waals surface area contributed by atoms with Gasteiger partial charge in [-0.25, -0.2) is 4.79 Å². The zero-order chi connectivity index (χ0) is 20.6. The van der Waals surface area contributed by atoms with Gasteiger partial charge in [-0.15, -0.1) is 0 Å². The third-order valence-electron chi connectivity index (χ3n) is 4.36. The molecule has 0 aromatic heterocycles. The summed E-state index contributed by atoms with van der Waals surface area (Å²) in [6, 6.07) is 15.4. The number of morpholine rings is 1. The number of carbonyl (C=O) groups excluding carboxylic acids is 2. The summed E-state index contributed by atoms with van der Waals surface area (Å²) in [5.74, 6) is -0.280. The lowest BCUT2D eigenvalue weighted by atomic mass is 10.1. The maximum Gasteiger partial charge on any atom is 0.343 e. The number of ether oxygens (including phenoxy) is 3. The van der Waals surface area contributed by atoms with Crippen molar-refractivity contribution in [3.63, 3.8) is 0 Å². The van der Waals surface area contributed by atoms with Crippen LogP contribution >= 0.6 is 0 Å². The maximum absolute atomic E-state index is 12.5. The Balaban J connectivity index is 1.80. The van der Waals surface area contributed by atoms with Crippen LogP contribution in [-0.2, 0) is 9.53 Å². The molecule has 1 fully saturated rings. The Hall–Kier alpha value is -3.63. The summed E-state index contributed by atoms with van der Waals surface area (Å²) in [6.45, 7) is 1.82. The SMILES string of the molecule is COc1cc(/C=C(\C#N)C(=O)N2CCOCC2)ccc1OC(=O)c1ccccc1. The molecule has 0 N–H and O–H groups in total. The first-order valence-corrected chi connectivity index (χ1v) is 9.06. The smallest absolute Gasteiger partial charge is 0.343 e. The van der Waals surface area contributed by atoms with Crippen molar-refractivity contribution in [3.8, 4) is 17.6 Å². The van der Waals surface area contributed by atoms with Gasteiger partial charge in [0.2, 0.25) is 0 Å². The Labute approximate surface area is 168 Å². The molecule has 7 nitrogen and oxygen atoms in total. The van der Waals surface area contributed by atoms with Gasteiger partial charge in [-0.05, 0) is 35.9 Å². The number of carbonyl (C=O) groups is 2. The van der Waals surface area contributed by atoms with E-state index in [1.807, 2.05) is 12.1 Å². The molecule has 1 aliphatic rings. The summed E-state index contributed by atoms with van der Waals surface area (Å²) < 4.78 is 16.0. The molecule has 1 amide bonds. The van der Waals surface area contributed by atoms with Gasteiger partial charge in [0.25, 0.3) is 5.91 Å². The van der Waals surface area contributed by atoms with Gasteiger partial charge in [0, 0.05) is 13.1 Å². The lowest BCUT2D eigenvalue weighted by Gasteiger charge is -2.26. The van der Waals surface area contributed by atoms with Crippen molar-refractivity contribution >= 4 is 18.0 Å². The van der Waals surface area contributed by atoms with Crippen LogP contribution in [0.2, 0.25) is 0 Å². The number of amides is 1. The standard InChI is InChI=1S/C22H20N2O5/c1-27-20-14-16(13-18(15-23)21(25)24-9-11-28-12-10-24)7-8-19(20)29-22(26)17-5-3-2-4-6-17/h2-8,13-14H,9-12H2,1H3/b18-13+. The summed E-state index contributed by atoms with van der Waals surface area (Å²) in [4.78, 5) is 26.4. The second-order valence-corrected chi connectivity index (χ2v) is 6.24. The highest BCUT2D eigenvalue weighted by atomic mass is 16.6. The van der Waals surface area contributed by atoms with Gasteiger partial charge in [-0.3, -0.25) is 4.79 Å². The summed E-state index contributed by atoms with van der Waals surface area (Å²) in [6.07, 6.45) is 1.49. The maximum atomic E-state index is 12.5. The molecule has 1 aliphatic heterocycles. The first kappa shape index (κ1) is 20.1. The quantitative estimate of drug-likeness (QED) is 0.336. The van der Waals surface area contributed by atoms with Crippen LogP contribution in [0.15, 0.2) is 54.1 Å². The topological polar surface area (TPSA) is 88.9 Å². The zero-order valence-electron chi connectivity index (χ0n) is 16.0. The number of rotatable bonds is 5. The highest BCUT2D eigenvalue weighted by Crippen LogP contribution is 2.30. The van der Waals surface area contributed by atoms with Gasteiger partial charge in [-0.2, -0.15) is 5.26 Å². The number of benzene rings is 2. The average Bonchev–Trinajstić information content (AvgIpc) is 2.78. The van der Waals surface area contributed by atoms with Crippen LogP contribution < -0.4 is 9.47 Å². The Bertz CT molecular complexity index is 957. The number of hydrogen-bond donors (Lipinski definition) is 0. The molecule has 2 aromatic carbocycles. The first-order valence-electron chi connectivity index (χ1n) is 9.06. The number of nitrogens with zero attached hydrogens (tertiary/aromatic N) is 2. The van der Waals surface area contributed by atoms with E-state index in [4.69, 9.17) is 14.2 Å². The molecule has 2 aromatic rings. The van der Waals surface area contributed by atoms with Gasteiger partial charge >= 0.3 is 5.97 Å². The number of esters is 1. The van der Waals surface area contributed by atoms with E-state index in [9.17, 15) is 14.9 Å². The van der Waals surface area contributed by atoms with Crippen LogP contribution in [0.5, 0.6) is 11.5 Å². The molecule has 0 saturated carbocycles. The molecular formula is C22H20N2O5. The van der Waals surface area contributed by atoms with Crippen LogP contribution in [0.25, 0.3) is 6.08 Å². The second kappa shape index (κ2) is 9.53. The molecule has 3 rings (SSSR count). The van der Waals surface area contributed by atoms with E-state index in [0.717, 1.165) is 0 Å². The van der Waals surface area contributed by atoms with E-state index in [2.05, 4.69) is 0 Å². The largest absolute Gasteiger partial charge is 0.493 e. The number of methoxy groups -OCH3 is 1. The number of hydrogen-bond acceptors (Lipinski definition) is 6. The minimum Gasteiger partial charge on any atom is -0.493 e. The molecule has 1 heterocycles. The van der Waals surface area contributed by atoms with E-state index in [0.29, 0.717) is 43.2 Å². The molecule has 0 aliphatic carbocycles. The molecular weight excluding hydrogens is 372 g/mol. The fraction of sp³-hybridized carbons (Fsp3) is 0.227. The summed E-state index contributed by atoms with van der Waals surface area (Å²) >= 11 is 0. The van der Waals surface area contributed by atoms with Crippen LogP contribution in [0.4, 0.5) is 0 Å². The van der Waals surface area contributed by atoms with Gasteiger partial charge < -0.3 is 19.1 Å². The van der Waals surface area contributed by atoms with Crippen LogP contribution in [0, 0.1) is 11.3 Å². The van der Waals surface area contributed by atoms with Gasteiger partial charge in [-0.1, -0.05) is 24.3 Å². The van der Waals surface area contributed by atoms with Crippen molar-refractivity contribution in [3.05, 3.63) is 65.2 Å². The van der Waals surface area contributed by atoms with Gasteiger partial charge in [0.05, 0.1) is 25.9 Å². The molecule has 148 valence electrons. The van der Waals surface area contributed by atoms with E-state index < -0.39 is 5.97 Å². The van der Waals surface area contributed by atoms with Crippen molar-refractivity contribution in [1.82, 2.24) is 4.90 Å². The summed E-state index contributed by atoms with van der Waals surface area (Å²) in [7, 11) is 1.45. The predicted octanol–water partition coefficient (Wildman–Crippen LogP) is 2.68. The fourth-order valence-corrected chi connectivity index (χ4v) is 2.84.